The van der Waals surface area contributed by atoms with E-state index in [4.69, 9.17) is 4.42 Å². The summed E-state index contributed by atoms with van der Waals surface area (Å²) in [6, 6.07) is 10.6. The molecule has 1 amide bonds. The zero-order valence-corrected chi connectivity index (χ0v) is 13.0. The van der Waals surface area contributed by atoms with Crippen molar-refractivity contribution < 1.29 is 9.21 Å². The average Bonchev–Trinajstić information content (AvgIpc) is 3.10. The summed E-state index contributed by atoms with van der Waals surface area (Å²) in [4.78, 5) is 26.0. The molecule has 0 spiro atoms. The van der Waals surface area contributed by atoms with Gasteiger partial charge in [0.15, 0.2) is 0 Å². The van der Waals surface area contributed by atoms with Crippen LogP contribution >= 0.6 is 0 Å². The number of carbonyl (C=O) groups excluding carboxylic acids is 1. The number of para-hydroxylation sites is 1. The molecule has 0 aliphatic heterocycles. The van der Waals surface area contributed by atoms with Crippen LogP contribution in [0.4, 0.5) is 0 Å². The number of likely N-dealkylation sites (N-methyl/N-ethyl adjacent to an activating group) is 1. The van der Waals surface area contributed by atoms with Crippen LogP contribution in [-0.2, 0) is 11.3 Å². The van der Waals surface area contributed by atoms with Crippen LogP contribution in [0.15, 0.2) is 58.1 Å². The number of fused-ring (bicyclic) bond motifs is 1. The minimum atomic E-state index is -0.178. The number of rotatable bonds is 4. The number of hydrogen-bond acceptors (Lipinski definition) is 4. The first-order chi connectivity index (χ1) is 11.1. The summed E-state index contributed by atoms with van der Waals surface area (Å²) in [5.41, 5.74) is 0.494. The van der Waals surface area contributed by atoms with Crippen molar-refractivity contribution in [2.45, 2.75) is 19.5 Å². The Morgan fingerprint density at radius 2 is 2.09 bits per heavy atom. The number of benzene rings is 1. The van der Waals surface area contributed by atoms with E-state index in [9.17, 15) is 9.59 Å². The van der Waals surface area contributed by atoms with Crippen LogP contribution in [0.25, 0.3) is 10.9 Å². The molecule has 0 saturated carbocycles. The molecule has 1 aromatic carbocycles. The van der Waals surface area contributed by atoms with Gasteiger partial charge in [-0.3, -0.25) is 14.3 Å². The minimum absolute atomic E-state index is 0.0579. The summed E-state index contributed by atoms with van der Waals surface area (Å²) in [6.45, 7) is 1.95. The molecule has 2 aromatic heterocycles. The third kappa shape index (κ3) is 2.88. The van der Waals surface area contributed by atoms with E-state index < -0.39 is 0 Å². The third-order valence-corrected chi connectivity index (χ3v) is 3.98. The van der Waals surface area contributed by atoms with Crippen molar-refractivity contribution in [3.63, 3.8) is 0 Å². The van der Waals surface area contributed by atoms with E-state index in [1.165, 1.54) is 6.20 Å². The molecular formula is C17H17N3O3. The zero-order valence-electron chi connectivity index (χ0n) is 13.0. The van der Waals surface area contributed by atoms with E-state index in [1.807, 2.05) is 19.1 Å². The van der Waals surface area contributed by atoms with Gasteiger partial charge in [0.1, 0.15) is 12.3 Å². The van der Waals surface area contributed by atoms with Crippen molar-refractivity contribution in [3.8, 4) is 0 Å². The summed E-state index contributed by atoms with van der Waals surface area (Å²) in [7, 11) is 1.72. The Morgan fingerprint density at radius 3 is 2.83 bits per heavy atom. The van der Waals surface area contributed by atoms with Crippen LogP contribution in [0, 0.1) is 0 Å². The van der Waals surface area contributed by atoms with Gasteiger partial charge in [0, 0.05) is 12.4 Å². The Labute approximate surface area is 132 Å². The highest BCUT2D eigenvalue weighted by Gasteiger charge is 2.20. The average molecular weight is 311 g/mol. The molecule has 0 aliphatic rings. The summed E-state index contributed by atoms with van der Waals surface area (Å²) in [5, 5.41) is 4.64. The van der Waals surface area contributed by atoms with Gasteiger partial charge < -0.3 is 9.32 Å². The molecular weight excluding hydrogens is 294 g/mol. The van der Waals surface area contributed by atoms with Crippen LogP contribution < -0.4 is 5.43 Å². The molecule has 0 saturated heterocycles. The largest absolute Gasteiger partial charge is 0.467 e. The van der Waals surface area contributed by atoms with Gasteiger partial charge in [-0.05, 0) is 31.2 Å². The lowest BCUT2D eigenvalue weighted by molar-refractivity contribution is -0.132. The maximum Gasteiger partial charge on any atom is 0.244 e. The SMILES string of the molecule is CC(c1ccco1)N(C)C(=O)Cn1ncc(=O)c2ccccc21. The van der Waals surface area contributed by atoms with Crippen LogP contribution in [0.3, 0.4) is 0 Å². The van der Waals surface area contributed by atoms with E-state index in [-0.39, 0.29) is 23.9 Å². The Hall–Kier alpha value is -2.89. The lowest BCUT2D eigenvalue weighted by Crippen LogP contribution is -2.33. The molecule has 3 rings (SSSR count). The fourth-order valence-electron chi connectivity index (χ4n) is 2.46. The van der Waals surface area contributed by atoms with Crippen LogP contribution in [-0.4, -0.2) is 27.6 Å². The van der Waals surface area contributed by atoms with E-state index in [0.717, 1.165) is 5.76 Å². The summed E-state index contributed by atoms with van der Waals surface area (Å²) < 4.78 is 6.89. The molecule has 3 aromatic rings. The fourth-order valence-corrected chi connectivity index (χ4v) is 2.46. The highest BCUT2D eigenvalue weighted by atomic mass is 16.3. The standard InChI is InChI=1S/C17H17N3O3/c1-12(16-8-5-9-23-16)19(2)17(22)11-20-14-7-4-3-6-13(14)15(21)10-18-20/h3-10,12H,11H2,1-2H3. The topological polar surface area (TPSA) is 68.3 Å². The lowest BCUT2D eigenvalue weighted by Gasteiger charge is -2.23. The predicted molar refractivity (Wildman–Crippen MR) is 85.9 cm³/mol. The number of nitrogens with zero attached hydrogens (tertiary/aromatic N) is 3. The second-order valence-corrected chi connectivity index (χ2v) is 5.38. The Morgan fingerprint density at radius 1 is 1.30 bits per heavy atom. The molecule has 23 heavy (non-hydrogen) atoms. The lowest BCUT2D eigenvalue weighted by atomic mass is 10.2. The van der Waals surface area contributed by atoms with Gasteiger partial charge in [0.25, 0.3) is 0 Å². The molecule has 2 heterocycles. The van der Waals surface area contributed by atoms with E-state index in [1.54, 1.807) is 47.2 Å². The van der Waals surface area contributed by atoms with E-state index in [0.29, 0.717) is 10.9 Å². The molecule has 1 unspecified atom stereocenters. The molecule has 0 N–H and O–H groups in total. The van der Waals surface area contributed by atoms with E-state index in [2.05, 4.69) is 5.10 Å². The molecule has 0 bridgehead atoms. The molecule has 1 atom stereocenters. The van der Waals surface area contributed by atoms with Crippen LogP contribution in [0.5, 0.6) is 0 Å². The Kier molecular flexibility index (Phi) is 3.97. The number of furan rings is 1. The van der Waals surface area contributed by atoms with Crippen molar-refractivity contribution in [2.24, 2.45) is 0 Å². The predicted octanol–water partition coefficient (Wildman–Crippen LogP) is 2.21. The Bertz CT molecular complexity index is 883. The molecule has 6 nitrogen and oxygen atoms in total. The van der Waals surface area contributed by atoms with Crippen molar-refractivity contribution in [1.82, 2.24) is 14.7 Å². The van der Waals surface area contributed by atoms with Crippen molar-refractivity contribution >= 4 is 16.8 Å². The fraction of sp³-hybridized carbons (Fsp3) is 0.235. The first-order valence-corrected chi connectivity index (χ1v) is 7.32. The monoisotopic (exact) mass is 311 g/mol. The number of aromatic nitrogens is 2. The summed E-state index contributed by atoms with van der Waals surface area (Å²) in [6.07, 6.45) is 2.83. The van der Waals surface area contributed by atoms with Gasteiger partial charge in [-0.15, -0.1) is 0 Å². The van der Waals surface area contributed by atoms with Crippen molar-refractivity contribution in [2.75, 3.05) is 7.05 Å². The van der Waals surface area contributed by atoms with E-state index >= 15 is 0 Å². The van der Waals surface area contributed by atoms with Gasteiger partial charge in [-0.2, -0.15) is 5.10 Å². The first kappa shape index (κ1) is 15.0. The minimum Gasteiger partial charge on any atom is -0.467 e. The number of carbonyl (C=O) groups is 1. The van der Waals surface area contributed by atoms with Crippen molar-refractivity contribution in [3.05, 3.63) is 64.8 Å². The van der Waals surface area contributed by atoms with Gasteiger partial charge in [0.2, 0.25) is 11.3 Å². The summed E-state index contributed by atoms with van der Waals surface area (Å²) in [5.74, 6) is 0.605. The second-order valence-electron chi connectivity index (χ2n) is 5.38. The maximum absolute atomic E-state index is 12.5. The smallest absolute Gasteiger partial charge is 0.244 e. The highest BCUT2D eigenvalue weighted by Crippen LogP contribution is 2.19. The second kappa shape index (κ2) is 6.08. The molecule has 0 fully saturated rings. The van der Waals surface area contributed by atoms with Crippen molar-refractivity contribution in [1.29, 1.82) is 0 Å². The number of hydrogen-bond donors (Lipinski definition) is 0. The number of amides is 1. The zero-order chi connectivity index (χ0) is 16.4. The van der Waals surface area contributed by atoms with Gasteiger partial charge in [-0.25, -0.2) is 0 Å². The third-order valence-electron chi connectivity index (χ3n) is 3.98. The summed E-state index contributed by atoms with van der Waals surface area (Å²) >= 11 is 0. The Balaban J connectivity index is 1.86. The van der Waals surface area contributed by atoms with Crippen LogP contribution in [0.1, 0.15) is 18.7 Å². The molecule has 6 heteroatoms. The van der Waals surface area contributed by atoms with Gasteiger partial charge in [0.05, 0.1) is 24.0 Å². The first-order valence-electron chi connectivity index (χ1n) is 7.32. The molecule has 0 aliphatic carbocycles. The maximum atomic E-state index is 12.5. The van der Waals surface area contributed by atoms with Crippen LogP contribution in [0.2, 0.25) is 0 Å². The molecule has 0 radical (unpaired) electrons. The quantitative estimate of drug-likeness (QED) is 0.741. The van der Waals surface area contributed by atoms with Gasteiger partial charge >= 0.3 is 0 Å². The molecule has 118 valence electrons. The highest BCUT2D eigenvalue weighted by molar-refractivity contribution is 5.81. The normalized spacial score (nSPS) is 12.3. The van der Waals surface area contributed by atoms with Gasteiger partial charge in [-0.1, -0.05) is 12.1 Å².